The molecule has 3 aromatic carbocycles. The van der Waals surface area contributed by atoms with E-state index in [9.17, 15) is 34.8 Å². The minimum atomic E-state index is -4.84. The first-order valence-electron chi connectivity index (χ1n) is 9.99. The molecule has 0 saturated heterocycles. The predicted molar refractivity (Wildman–Crippen MR) is 131 cm³/mol. The molecule has 0 heterocycles. The van der Waals surface area contributed by atoms with E-state index >= 15 is 0 Å². The minimum Gasteiger partial charge on any atom is -0.325 e. The van der Waals surface area contributed by atoms with E-state index in [2.05, 4.69) is 10.0 Å². The van der Waals surface area contributed by atoms with Crippen LogP contribution in [0.4, 0.5) is 30.2 Å². The SMILES string of the molecule is CS(=O)(=O)N(CC(=O)Nc1ccc(S(=O)(=O)Nc2ccccc2)cc1)c1ccc(Cl)c(C(F)(F)F)c1. The van der Waals surface area contributed by atoms with Crippen molar-refractivity contribution in [2.45, 2.75) is 11.1 Å². The van der Waals surface area contributed by atoms with Crippen molar-refractivity contribution in [3.63, 3.8) is 0 Å². The van der Waals surface area contributed by atoms with Crippen molar-refractivity contribution < 1.29 is 34.8 Å². The first-order chi connectivity index (χ1) is 16.7. The van der Waals surface area contributed by atoms with Crippen LogP contribution in [0.25, 0.3) is 0 Å². The molecule has 0 radical (unpaired) electrons. The summed E-state index contributed by atoms with van der Waals surface area (Å²) in [6.07, 6.45) is -4.10. The summed E-state index contributed by atoms with van der Waals surface area (Å²) in [6.45, 7) is -0.840. The number of alkyl halides is 3. The van der Waals surface area contributed by atoms with E-state index in [1.54, 1.807) is 30.3 Å². The van der Waals surface area contributed by atoms with Gasteiger partial charge in [-0.15, -0.1) is 0 Å². The molecule has 8 nitrogen and oxygen atoms in total. The number of nitrogens with one attached hydrogen (secondary N) is 2. The highest BCUT2D eigenvalue weighted by atomic mass is 35.5. The summed E-state index contributed by atoms with van der Waals surface area (Å²) in [5.41, 5.74) is -1.17. The Morgan fingerprint density at radius 3 is 2.08 bits per heavy atom. The van der Waals surface area contributed by atoms with Crippen molar-refractivity contribution in [2.24, 2.45) is 0 Å². The molecule has 2 N–H and O–H groups in total. The molecule has 0 spiro atoms. The van der Waals surface area contributed by atoms with Gasteiger partial charge in [-0.25, -0.2) is 16.8 Å². The van der Waals surface area contributed by atoms with E-state index in [1.165, 1.54) is 24.3 Å². The fourth-order valence-electron chi connectivity index (χ4n) is 3.05. The highest BCUT2D eigenvalue weighted by Gasteiger charge is 2.34. The van der Waals surface area contributed by atoms with Gasteiger partial charge in [-0.2, -0.15) is 13.2 Å². The molecule has 0 atom stereocenters. The van der Waals surface area contributed by atoms with Crippen LogP contribution in [0, 0.1) is 0 Å². The maximum absolute atomic E-state index is 13.2. The van der Waals surface area contributed by atoms with Crippen LogP contribution in [0.3, 0.4) is 0 Å². The van der Waals surface area contributed by atoms with E-state index in [0.29, 0.717) is 16.1 Å². The number of hydrogen-bond acceptors (Lipinski definition) is 5. The number of anilines is 3. The van der Waals surface area contributed by atoms with Crippen molar-refractivity contribution in [3.8, 4) is 0 Å². The molecule has 0 aliphatic heterocycles. The second-order valence-electron chi connectivity index (χ2n) is 7.48. The molecule has 3 aromatic rings. The van der Waals surface area contributed by atoms with Gasteiger partial charge in [0.25, 0.3) is 10.0 Å². The number of benzene rings is 3. The lowest BCUT2D eigenvalue weighted by molar-refractivity contribution is -0.137. The predicted octanol–water partition coefficient (Wildman–Crippen LogP) is 4.56. The minimum absolute atomic E-state index is 0.0945. The lowest BCUT2D eigenvalue weighted by Gasteiger charge is -2.23. The Labute approximate surface area is 210 Å². The van der Waals surface area contributed by atoms with Gasteiger partial charge in [0.1, 0.15) is 6.54 Å². The fraction of sp³-hybridized carbons (Fsp3) is 0.136. The van der Waals surface area contributed by atoms with E-state index in [1.807, 2.05) is 0 Å². The van der Waals surface area contributed by atoms with Crippen molar-refractivity contribution in [1.82, 2.24) is 0 Å². The topological polar surface area (TPSA) is 113 Å². The normalized spacial score (nSPS) is 12.1. The largest absolute Gasteiger partial charge is 0.417 e. The van der Waals surface area contributed by atoms with Crippen LogP contribution in [0.1, 0.15) is 5.56 Å². The van der Waals surface area contributed by atoms with Gasteiger partial charge in [-0.3, -0.25) is 13.8 Å². The average Bonchev–Trinajstić information content (AvgIpc) is 2.77. The Morgan fingerprint density at radius 1 is 0.917 bits per heavy atom. The Balaban J connectivity index is 1.76. The van der Waals surface area contributed by atoms with Crippen LogP contribution < -0.4 is 14.3 Å². The molecule has 0 aliphatic carbocycles. The molecule has 192 valence electrons. The molecule has 0 unspecified atom stereocenters. The number of nitrogens with zero attached hydrogens (tertiary/aromatic N) is 1. The third-order valence-electron chi connectivity index (χ3n) is 4.71. The molecule has 3 rings (SSSR count). The Morgan fingerprint density at radius 2 is 1.53 bits per heavy atom. The summed E-state index contributed by atoms with van der Waals surface area (Å²) < 4.78 is 92.0. The van der Waals surface area contributed by atoms with Crippen LogP contribution >= 0.6 is 11.6 Å². The summed E-state index contributed by atoms with van der Waals surface area (Å²) in [7, 11) is -8.07. The van der Waals surface area contributed by atoms with Crippen molar-refractivity contribution in [1.29, 1.82) is 0 Å². The Kier molecular flexibility index (Phi) is 7.86. The first-order valence-corrected chi connectivity index (χ1v) is 13.7. The molecule has 14 heteroatoms. The van der Waals surface area contributed by atoms with Crippen LogP contribution in [0.15, 0.2) is 77.7 Å². The van der Waals surface area contributed by atoms with Gasteiger partial charge in [-0.05, 0) is 54.6 Å². The van der Waals surface area contributed by atoms with Crippen LogP contribution in [0.5, 0.6) is 0 Å². The Hall–Kier alpha value is -3.29. The Bertz CT molecular complexity index is 1470. The van der Waals surface area contributed by atoms with E-state index in [-0.39, 0.29) is 10.6 Å². The highest BCUT2D eigenvalue weighted by molar-refractivity contribution is 7.92. The van der Waals surface area contributed by atoms with E-state index in [0.717, 1.165) is 18.4 Å². The first kappa shape index (κ1) is 27.3. The van der Waals surface area contributed by atoms with Gasteiger partial charge >= 0.3 is 6.18 Å². The van der Waals surface area contributed by atoms with Crippen molar-refractivity contribution >= 4 is 54.6 Å². The lowest BCUT2D eigenvalue weighted by Crippen LogP contribution is -2.37. The zero-order chi connectivity index (χ0) is 26.7. The average molecular weight is 562 g/mol. The number of carbonyl (C=O) groups excluding carboxylic acids is 1. The van der Waals surface area contributed by atoms with E-state index < -0.39 is 54.9 Å². The van der Waals surface area contributed by atoms with Gasteiger partial charge in [-0.1, -0.05) is 29.8 Å². The number of rotatable bonds is 8. The van der Waals surface area contributed by atoms with Crippen LogP contribution in [-0.4, -0.2) is 35.5 Å². The van der Waals surface area contributed by atoms with Crippen LogP contribution in [0.2, 0.25) is 5.02 Å². The smallest absolute Gasteiger partial charge is 0.325 e. The maximum Gasteiger partial charge on any atom is 0.417 e. The second kappa shape index (κ2) is 10.4. The summed E-state index contributed by atoms with van der Waals surface area (Å²) in [5, 5.41) is 1.77. The monoisotopic (exact) mass is 561 g/mol. The summed E-state index contributed by atoms with van der Waals surface area (Å²) in [5.74, 6) is -0.873. The number of sulfonamides is 2. The number of hydrogen-bond donors (Lipinski definition) is 2. The third-order valence-corrected chi connectivity index (χ3v) is 7.57. The van der Waals surface area contributed by atoms with Crippen molar-refractivity contribution in [3.05, 3.63) is 83.4 Å². The van der Waals surface area contributed by atoms with Gasteiger partial charge in [0, 0.05) is 11.4 Å². The standard InChI is InChI=1S/C22H19ClF3N3O5S2/c1-35(31,32)29(17-9-12-20(23)19(13-17)22(24,25)26)14-21(30)27-15-7-10-18(11-8-15)36(33,34)28-16-5-3-2-4-6-16/h2-13,28H,14H2,1H3,(H,27,30). The zero-order valence-corrected chi connectivity index (χ0v) is 20.8. The molecule has 36 heavy (non-hydrogen) atoms. The number of halogens is 4. The maximum atomic E-state index is 13.2. The third kappa shape index (κ3) is 6.89. The zero-order valence-electron chi connectivity index (χ0n) is 18.5. The fourth-order valence-corrected chi connectivity index (χ4v) is 5.19. The molecule has 0 bridgehead atoms. The molecule has 0 aromatic heterocycles. The van der Waals surface area contributed by atoms with Crippen LogP contribution in [-0.2, 0) is 31.0 Å². The lowest BCUT2D eigenvalue weighted by atomic mass is 10.2. The molecule has 0 saturated carbocycles. The molecular weight excluding hydrogens is 543 g/mol. The summed E-state index contributed by atoms with van der Waals surface area (Å²) >= 11 is 5.59. The highest BCUT2D eigenvalue weighted by Crippen LogP contribution is 2.37. The molecule has 1 amide bonds. The molecule has 0 fully saturated rings. The second-order valence-corrected chi connectivity index (χ2v) is 11.5. The quantitative estimate of drug-likeness (QED) is 0.418. The van der Waals surface area contributed by atoms with Gasteiger partial charge in [0.15, 0.2) is 0 Å². The van der Waals surface area contributed by atoms with Gasteiger partial charge in [0.05, 0.1) is 27.4 Å². The molecular formula is C22H19ClF3N3O5S2. The van der Waals surface area contributed by atoms with Gasteiger partial charge < -0.3 is 5.32 Å². The summed E-state index contributed by atoms with van der Waals surface area (Å²) in [6, 6.07) is 15.7. The van der Waals surface area contributed by atoms with Gasteiger partial charge in [0.2, 0.25) is 15.9 Å². The number of amides is 1. The van der Waals surface area contributed by atoms with Crippen molar-refractivity contribution in [2.75, 3.05) is 27.1 Å². The summed E-state index contributed by atoms with van der Waals surface area (Å²) in [4.78, 5) is 12.4. The number of carbonyl (C=O) groups is 1. The molecule has 0 aliphatic rings. The number of para-hydroxylation sites is 1. The van der Waals surface area contributed by atoms with E-state index in [4.69, 9.17) is 11.6 Å².